The van der Waals surface area contributed by atoms with Gasteiger partial charge in [-0.2, -0.15) is 0 Å². The number of hydrogen-bond acceptors (Lipinski definition) is 4. The number of fused-ring (bicyclic) bond motifs is 1. The Labute approximate surface area is 196 Å². The molecule has 0 saturated heterocycles. The van der Waals surface area contributed by atoms with Crippen molar-refractivity contribution in [3.05, 3.63) is 89.7 Å². The Bertz CT molecular complexity index is 1330. The first-order valence-electron chi connectivity index (χ1n) is 11.2. The van der Waals surface area contributed by atoms with Gasteiger partial charge in [-0.05, 0) is 61.7 Å². The highest BCUT2D eigenvalue weighted by Gasteiger charge is 2.41. The van der Waals surface area contributed by atoms with Crippen LogP contribution < -0.4 is 5.32 Å². The molecule has 0 unspecified atom stereocenters. The van der Waals surface area contributed by atoms with Crippen LogP contribution >= 0.6 is 0 Å². The Morgan fingerprint density at radius 1 is 1.06 bits per heavy atom. The van der Waals surface area contributed by atoms with Crippen LogP contribution in [0.2, 0.25) is 0 Å². The molecule has 8 heteroatoms. The summed E-state index contributed by atoms with van der Waals surface area (Å²) in [5.74, 6) is -0.944. The molecule has 2 amide bonds. The molecule has 0 radical (unpaired) electrons. The SMILES string of the molecule is Cc1ccc([C@H](C(=O)Nc2ccc(F)cc2)N(C(=O)Cn2nnc3ccccc32)C2CC2)cc1. The zero-order chi connectivity index (χ0) is 23.7. The quantitative estimate of drug-likeness (QED) is 0.450. The number of nitrogens with one attached hydrogen (secondary N) is 1. The van der Waals surface area contributed by atoms with Crippen LogP contribution in [0.4, 0.5) is 10.1 Å². The second kappa shape index (κ2) is 9.05. The Morgan fingerprint density at radius 3 is 2.47 bits per heavy atom. The molecule has 172 valence electrons. The van der Waals surface area contributed by atoms with Crippen molar-refractivity contribution >= 4 is 28.5 Å². The zero-order valence-corrected chi connectivity index (χ0v) is 18.7. The molecule has 3 aromatic carbocycles. The Balaban J connectivity index is 1.48. The molecule has 1 aliphatic carbocycles. The third kappa shape index (κ3) is 4.52. The molecular formula is C26H24FN5O2. The number of rotatable bonds is 7. The first-order valence-corrected chi connectivity index (χ1v) is 11.2. The summed E-state index contributed by atoms with van der Waals surface area (Å²) in [6.07, 6.45) is 1.66. The van der Waals surface area contributed by atoms with Crippen molar-refractivity contribution < 1.29 is 14.0 Å². The smallest absolute Gasteiger partial charge is 0.251 e. The van der Waals surface area contributed by atoms with Gasteiger partial charge in [-0.15, -0.1) is 5.10 Å². The first kappa shape index (κ1) is 21.8. The Morgan fingerprint density at radius 2 is 1.76 bits per heavy atom. The lowest BCUT2D eigenvalue weighted by molar-refractivity contribution is -0.140. The van der Waals surface area contributed by atoms with Gasteiger partial charge in [-0.3, -0.25) is 9.59 Å². The lowest BCUT2D eigenvalue weighted by atomic mass is 10.0. The van der Waals surface area contributed by atoms with Gasteiger partial charge in [0.1, 0.15) is 23.9 Å². The summed E-state index contributed by atoms with van der Waals surface area (Å²) < 4.78 is 14.9. The molecular weight excluding hydrogens is 433 g/mol. The van der Waals surface area contributed by atoms with Gasteiger partial charge in [0.05, 0.1) is 5.52 Å². The summed E-state index contributed by atoms with van der Waals surface area (Å²) in [5, 5.41) is 11.1. The van der Waals surface area contributed by atoms with Crippen molar-refractivity contribution in [2.45, 2.75) is 38.4 Å². The first-order chi connectivity index (χ1) is 16.5. The second-order valence-corrected chi connectivity index (χ2v) is 8.58. The van der Waals surface area contributed by atoms with Gasteiger partial charge >= 0.3 is 0 Å². The van der Waals surface area contributed by atoms with Gasteiger partial charge in [0.15, 0.2) is 0 Å². The van der Waals surface area contributed by atoms with E-state index >= 15 is 0 Å². The number of carbonyl (C=O) groups excluding carboxylic acids is 2. The highest BCUT2D eigenvalue weighted by atomic mass is 19.1. The topological polar surface area (TPSA) is 80.1 Å². The molecule has 5 rings (SSSR count). The van der Waals surface area contributed by atoms with E-state index < -0.39 is 6.04 Å². The summed E-state index contributed by atoms with van der Waals surface area (Å²) in [5.41, 5.74) is 3.70. The van der Waals surface area contributed by atoms with E-state index in [0.717, 1.165) is 23.9 Å². The molecule has 1 aromatic heterocycles. The average Bonchev–Trinajstić information content (AvgIpc) is 3.60. The highest BCUT2D eigenvalue weighted by molar-refractivity contribution is 5.98. The molecule has 1 heterocycles. The molecule has 1 fully saturated rings. The van der Waals surface area contributed by atoms with Crippen LogP contribution in [0.15, 0.2) is 72.8 Å². The van der Waals surface area contributed by atoms with Gasteiger partial charge in [0.2, 0.25) is 5.91 Å². The molecule has 0 spiro atoms. The molecule has 1 N–H and O–H groups in total. The van der Waals surface area contributed by atoms with Crippen molar-refractivity contribution in [3.8, 4) is 0 Å². The van der Waals surface area contributed by atoms with Crippen LogP contribution in [0, 0.1) is 12.7 Å². The minimum Gasteiger partial charge on any atom is -0.324 e. The number of aromatic nitrogens is 3. The van der Waals surface area contributed by atoms with Crippen LogP contribution in [-0.2, 0) is 16.1 Å². The summed E-state index contributed by atoms with van der Waals surface area (Å²) in [7, 11) is 0. The second-order valence-electron chi connectivity index (χ2n) is 8.58. The van der Waals surface area contributed by atoms with Crippen molar-refractivity contribution in [2.24, 2.45) is 0 Å². The van der Waals surface area contributed by atoms with Crippen LogP contribution in [0.1, 0.15) is 30.0 Å². The molecule has 0 aliphatic heterocycles. The van der Waals surface area contributed by atoms with Gasteiger partial charge in [-0.1, -0.05) is 47.2 Å². The summed E-state index contributed by atoms with van der Waals surface area (Å²) in [6.45, 7) is 1.94. The van der Waals surface area contributed by atoms with E-state index in [-0.39, 0.29) is 30.2 Å². The van der Waals surface area contributed by atoms with Crippen LogP contribution in [-0.4, -0.2) is 37.7 Å². The molecule has 0 bridgehead atoms. The van der Waals surface area contributed by atoms with E-state index in [1.807, 2.05) is 55.5 Å². The lowest BCUT2D eigenvalue weighted by Crippen LogP contribution is -2.44. The number of carbonyl (C=O) groups is 2. The third-order valence-corrected chi connectivity index (χ3v) is 5.96. The van der Waals surface area contributed by atoms with Gasteiger partial charge in [-0.25, -0.2) is 9.07 Å². The van der Waals surface area contributed by atoms with Gasteiger partial charge in [0, 0.05) is 11.7 Å². The number of amides is 2. The summed E-state index contributed by atoms with van der Waals surface area (Å²) in [4.78, 5) is 28.8. The molecule has 1 saturated carbocycles. The molecule has 1 atom stereocenters. The highest BCUT2D eigenvalue weighted by Crippen LogP contribution is 2.36. The molecule has 34 heavy (non-hydrogen) atoms. The maximum Gasteiger partial charge on any atom is 0.251 e. The number of benzene rings is 3. The fourth-order valence-corrected chi connectivity index (χ4v) is 4.09. The number of aryl methyl sites for hydroxylation is 1. The van der Waals surface area contributed by atoms with Crippen LogP contribution in [0.25, 0.3) is 11.0 Å². The number of halogens is 1. The van der Waals surface area contributed by atoms with E-state index in [4.69, 9.17) is 0 Å². The number of para-hydroxylation sites is 1. The Kier molecular flexibility index (Phi) is 5.79. The zero-order valence-electron chi connectivity index (χ0n) is 18.7. The minimum atomic E-state index is -0.833. The third-order valence-electron chi connectivity index (χ3n) is 5.96. The van der Waals surface area contributed by atoms with Gasteiger partial charge < -0.3 is 10.2 Å². The van der Waals surface area contributed by atoms with Crippen molar-refractivity contribution in [1.29, 1.82) is 0 Å². The van der Waals surface area contributed by atoms with Crippen molar-refractivity contribution in [1.82, 2.24) is 19.9 Å². The predicted molar refractivity (Wildman–Crippen MR) is 126 cm³/mol. The number of nitrogens with zero attached hydrogens (tertiary/aromatic N) is 4. The lowest BCUT2D eigenvalue weighted by Gasteiger charge is -2.31. The molecule has 4 aromatic rings. The minimum absolute atomic E-state index is 0.0246. The van der Waals surface area contributed by atoms with Crippen LogP contribution in [0.5, 0.6) is 0 Å². The van der Waals surface area contributed by atoms with E-state index in [0.29, 0.717) is 16.8 Å². The monoisotopic (exact) mass is 457 g/mol. The summed E-state index contributed by atoms with van der Waals surface area (Å²) in [6, 6.07) is 19.8. The maximum atomic E-state index is 13.6. The van der Waals surface area contributed by atoms with E-state index in [9.17, 15) is 14.0 Å². The molecule has 7 nitrogen and oxygen atoms in total. The van der Waals surface area contributed by atoms with E-state index in [1.165, 1.54) is 24.3 Å². The number of anilines is 1. The van der Waals surface area contributed by atoms with Crippen molar-refractivity contribution in [2.75, 3.05) is 5.32 Å². The standard InChI is InChI=1S/C26H24FN5O2/c1-17-6-8-18(9-7-17)25(26(34)28-20-12-10-19(27)11-13-20)32(21-14-15-21)24(33)16-31-23-5-3-2-4-22(23)29-30-31/h2-13,21,25H,14-16H2,1H3,(H,28,34)/t25-/m1/s1. The van der Waals surface area contributed by atoms with Crippen molar-refractivity contribution in [3.63, 3.8) is 0 Å². The Hall–Kier alpha value is -4.07. The molecule has 1 aliphatic rings. The largest absolute Gasteiger partial charge is 0.324 e. The maximum absolute atomic E-state index is 13.6. The predicted octanol–water partition coefficient (Wildman–Crippen LogP) is 4.25. The fraction of sp³-hybridized carbons (Fsp3) is 0.231. The van der Waals surface area contributed by atoms with E-state index in [2.05, 4.69) is 15.6 Å². The summed E-state index contributed by atoms with van der Waals surface area (Å²) >= 11 is 0. The average molecular weight is 458 g/mol. The van der Waals surface area contributed by atoms with E-state index in [1.54, 1.807) is 9.58 Å². The fourth-order valence-electron chi connectivity index (χ4n) is 4.09. The van der Waals surface area contributed by atoms with Gasteiger partial charge in [0.25, 0.3) is 5.91 Å². The van der Waals surface area contributed by atoms with Crippen LogP contribution in [0.3, 0.4) is 0 Å². The normalized spacial score (nSPS) is 14.1. The number of hydrogen-bond donors (Lipinski definition) is 1.